The van der Waals surface area contributed by atoms with Crippen molar-refractivity contribution in [3.8, 4) is 11.3 Å². The van der Waals surface area contributed by atoms with Gasteiger partial charge in [0, 0.05) is 23.6 Å². The molecule has 4 heteroatoms. The van der Waals surface area contributed by atoms with Gasteiger partial charge >= 0.3 is 0 Å². The highest BCUT2D eigenvalue weighted by molar-refractivity contribution is 9.10. The fourth-order valence-electron chi connectivity index (χ4n) is 2.00. The van der Waals surface area contributed by atoms with Gasteiger partial charge in [-0.25, -0.2) is 9.97 Å². The van der Waals surface area contributed by atoms with Crippen molar-refractivity contribution in [2.24, 2.45) is 0 Å². The van der Waals surface area contributed by atoms with E-state index >= 15 is 0 Å². The van der Waals surface area contributed by atoms with Gasteiger partial charge in [0.05, 0.1) is 11.2 Å². The molecule has 0 radical (unpaired) electrons. The van der Waals surface area contributed by atoms with Gasteiger partial charge in [0.15, 0.2) is 0 Å². The quantitative estimate of drug-likeness (QED) is 0.671. The van der Waals surface area contributed by atoms with Gasteiger partial charge in [-0.1, -0.05) is 25.1 Å². The first kappa shape index (κ1) is 12.2. The maximum atomic E-state index is 4.56. The van der Waals surface area contributed by atoms with E-state index in [-0.39, 0.29) is 0 Å². The number of pyridine rings is 1. The predicted octanol–water partition coefficient (Wildman–Crippen LogP) is 4.02. The van der Waals surface area contributed by atoms with Crippen LogP contribution in [0.2, 0.25) is 0 Å². The highest BCUT2D eigenvalue weighted by Gasteiger charge is 2.05. The van der Waals surface area contributed by atoms with Crippen LogP contribution in [0.5, 0.6) is 0 Å². The number of rotatable bonds is 2. The Morgan fingerprint density at radius 1 is 1.11 bits per heavy atom. The summed E-state index contributed by atoms with van der Waals surface area (Å²) >= 11 is 3.43. The van der Waals surface area contributed by atoms with Crippen LogP contribution >= 0.6 is 15.9 Å². The molecule has 0 aliphatic rings. The summed E-state index contributed by atoms with van der Waals surface area (Å²) in [5.41, 5.74) is 2.96. The molecule has 2 aromatic heterocycles. The fourth-order valence-corrected chi connectivity index (χ4v) is 2.42. The summed E-state index contributed by atoms with van der Waals surface area (Å²) in [4.78, 5) is 13.3. The van der Waals surface area contributed by atoms with Gasteiger partial charge in [0.1, 0.15) is 10.4 Å². The minimum absolute atomic E-state index is 0.815. The normalized spacial score (nSPS) is 10.8. The number of aryl methyl sites for hydroxylation is 1. The molecule has 19 heavy (non-hydrogen) atoms. The van der Waals surface area contributed by atoms with Crippen LogP contribution in [-0.4, -0.2) is 15.0 Å². The Bertz CT molecular complexity index is 740. The third kappa shape index (κ3) is 2.49. The monoisotopic (exact) mass is 313 g/mol. The summed E-state index contributed by atoms with van der Waals surface area (Å²) in [5, 5.41) is 1.13. The summed E-state index contributed by atoms with van der Waals surface area (Å²) in [7, 11) is 0. The van der Waals surface area contributed by atoms with Crippen molar-refractivity contribution in [2.45, 2.75) is 13.3 Å². The second kappa shape index (κ2) is 5.05. The van der Waals surface area contributed by atoms with E-state index in [0.29, 0.717) is 0 Å². The third-order valence-corrected chi connectivity index (χ3v) is 3.37. The summed E-state index contributed by atoms with van der Waals surface area (Å²) in [6, 6.07) is 12.1. The minimum Gasteiger partial charge on any atom is -0.256 e. The number of hydrogen-bond acceptors (Lipinski definition) is 3. The molecule has 94 valence electrons. The number of hydrogen-bond donors (Lipinski definition) is 0. The van der Waals surface area contributed by atoms with Gasteiger partial charge in [0.2, 0.25) is 0 Å². The molecule has 3 rings (SSSR count). The lowest BCUT2D eigenvalue weighted by Crippen LogP contribution is -1.95. The molecule has 0 unspecified atom stereocenters. The van der Waals surface area contributed by atoms with E-state index in [2.05, 4.69) is 55.1 Å². The van der Waals surface area contributed by atoms with Crippen LogP contribution in [0.4, 0.5) is 0 Å². The standard InChI is InChI=1S/C15H12BrN3/c1-2-15-18-13(9-14(16)19-15)11-6-5-10-4-3-7-17-12(10)8-11/h3-9H,2H2,1H3. The van der Waals surface area contributed by atoms with E-state index in [1.807, 2.05) is 19.1 Å². The fraction of sp³-hybridized carbons (Fsp3) is 0.133. The van der Waals surface area contributed by atoms with E-state index < -0.39 is 0 Å². The number of nitrogens with zero attached hydrogens (tertiary/aromatic N) is 3. The smallest absolute Gasteiger partial charge is 0.130 e. The Kier molecular flexibility index (Phi) is 3.25. The Morgan fingerprint density at radius 3 is 2.84 bits per heavy atom. The Hall–Kier alpha value is -1.81. The second-order valence-electron chi connectivity index (χ2n) is 4.26. The summed E-state index contributed by atoms with van der Waals surface area (Å²) in [6.07, 6.45) is 2.62. The largest absolute Gasteiger partial charge is 0.256 e. The molecule has 0 bridgehead atoms. The molecule has 2 heterocycles. The number of fused-ring (bicyclic) bond motifs is 1. The van der Waals surface area contributed by atoms with Gasteiger partial charge in [-0.2, -0.15) is 0 Å². The maximum absolute atomic E-state index is 4.56. The zero-order valence-electron chi connectivity index (χ0n) is 10.5. The molecule has 3 aromatic rings. The Balaban J connectivity index is 2.15. The Morgan fingerprint density at radius 2 is 2.00 bits per heavy atom. The van der Waals surface area contributed by atoms with Crippen LogP contribution in [0, 0.1) is 0 Å². The summed E-state index contributed by atoms with van der Waals surface area (Å²) < 4.78 is 0.815. The van der Waals surface area contributed by atoms with Crippen LogP contribution in [0.3, 0.4) is 0 Å². The number of halogens is 1. The molecule has 1 aromatic carbocycles. The molecule has 0 spiro atoms. The van der Waals surface area contributed by atoms with E-state index in [9.17, 15) is 0 Å². The minimum atomic E-state index is 0.815. The van der Waals surface area contributed by atoms with Gasteiger partial charge < -0.3 is 0 Å². The Labute approximate surface area is 119 Å². The zero-order chi connectivity index (χ0) is 13.2. The van der Waals surface area contributed by atoms with Crippen LogP contribution in [-0.2, 0) is 6.42 Å². The average molecular weight is 314 g/mol. The molecule has 0 aliphatic carbocycles. The molecule has 0 aliphatic heterocycles. The van der Waals surface area contributed by atoms with Crippen LogP contribution < -0.4 is 0 Å². The first-order chi connectivity index (χ1) is 9.26. The number of aromatic nitrogens is 3. The number of benzene rings is 1. The molecule has 0 saturated carbocycles. The summed E-state index contributed by atoms with van der Waals surface area (Å²) in [5.74, 6) is 0.838. The van der Waals surface area contributed by atoms with Crippen LogP contribution in [0.25, 0.3) is 22.2 Å². The first-order valence-corrected chi connectivity index (χ1v) is 6.94. The van der Waals surface area contributed by atoms with Gasteiger partial charge in [-0.15, -0.1) is 0 Å². The average Bonchev–Trinajstić information content (AvgIpc) is 2.46. The van der Waals surface area contributed by atoms with Gasteiger partial charge in [-0.05, 0) is 34.1 Å². The van der Waals surface area contributed by atoms with Crippen molar-refractivity contribution in [1.29, 1.82) is 0 Å². The molecule has 0 N–H and O–H groups in total. The second-order valence-corrected chi connectivity index (χ2v) is 5.07. The molecular weight excluding hydrogens is 302 g/mol. The van der Waals surface area contributed by atoms with Crippen molar-refractivity contribution in [3.63, 3.8) is 0 Å². The molecule has 0 amide bonds. The lowest BCUT2D eigenvalue weighted by Gasteiger charge is -2.05. The van der Waals surface area contributed by atoms with Gasteiger partial charge in [-0.3, -0.25) is 4.98 Å². The zero-order valence-corrected chi connectivity index (χ0v) is 12.1. The van der Waals surface area contributed by atoms with Crippen molar-refractivity contribution < 1.29 is 0 Å². The lowest BCUT2D eigenvalue weighted by atomic mass is 10.1. The SMILES string of the molecule is CCc1nc(Br)cc(-c2ccc3cccnc3c2)n1. The molecule has 3 nitrogen and oxygen atoms in total. The highest BCUT2D eigenvalue weighted by Crippen LogP contribution is 2.23. The van der Waals surface area contributed by atoms with Crippen molar-refractivity contribution in [1.82, 2.24) is 15.0 Å². The molecule has 0 atom stereocenters. The van der Waals surface area contributed by atoms with Crippen LogP contribution in [0.1, 0.15) is 12.7 Å². The maximum Gasteiger partial charge on any atom is 0.130 e. The predicted molar refractivity (Wildman–Crippen MR) is 79.8 cm³/mol. The topological polar surface area (TPSA) is 38.7 Å². The molecule has 0 fully saturated rings. The van der Waals surface area contributed by atoms with E-state index in [1.54, 1.807) is 6.20 Å². The van der Waals surface area contributed by atoms with E-state index in [4.69, 9.17) is 0 Å². The third-order valence-electron chi connectivity index (χ3n) is 2.96. The first-order valence-electron chi connectivity index (χ1n) is 6.15. The van der Waals surface area contributed by atoms with Crippen molar-refractivity contribution in [2.75, 3.05) is 0 Å². The molecular formula is C15H12BrN3. The van der Waals surface area contributed by atoms with Crippen molar-refractivity contribution in [3.05, 3.63) is 53.0 Å². The summed E-state index contributed by atoms with van der Waals surface area (Å²) in [6.45, 7) is 2.05. The van der Waals surface area contributed by atoms with Gasteiger partial charge in [0.25, 0.3) is 0 Å². The van der Waals surface area contributed by atoms with Crippen LogP contribution in [0.15, 0.2) is 47.2 Å². The highest BCUT2D eigenvalue weighted by atomic mass is 79.9. The van der Waals surface area contributed by atoms with E-state index in [0.717, 1.165) is 39.0 Å². The van der Waals surface area contributed by atoms with Crippen molar-refractivity contribution >= 4 is 26.8 Å². The lowest BCUT2D eigenvalue weighted by molar-refractivity contribution is 0.932. The molecule has 0 saturated heterocycles. The van der Waals surface area contributed by atoms with E-state index in [1.165, 1.54) is 0 Å².